The summed E-state index contributed by atoms with van der Waals surface area (Å²) < 4.78 is 26.2. The average Bonchev–Trinajstić information content (AvgIpc) is 2.46. The van der Waals surface area contributed by atoms with E-state index >= 15 is 0 Å². The lowest BCUT2D eigenvalue weighted by Crippen LogP contribution is -2.62. The van der Waals surface area contributed by atoms with E-state index in [9.17, 15) is 18.3 Å². The van der Waals surface area contributed by atoms with Crippen LogP contribution in [0.4, 0.5) is 0 Å². The van der Waals surface area contributed by atoms with E-state index in [1.165, 1.54) is 12.1 Å². The van der Waals surface area contributed by atoms with Crippen LogP contribution in [0.2, 0.25) is 0 Å². The molecule has 1 aliphatic rings. The molecular weight excluding hydrogens is 292 g/mol. The third-order valence-electron chi connectivity index (χ3n) is 4.03. The van der Waals surface area contributed by atoms with E-state index in [4.69, 9.17) is 0 Å². The van der Waals surface area contributed by atoms with Gasteiger partial charge in [0.25, 0.3) is 0 Å². The molecule has 0 bridgehead atoms. The molecule has 0 aliphatic heterocycles. The van der Waals surface area contributed by atoms with Gasteiger partial charge in [-0.2, -0.15) is 0 Å². The molecule has 1 fully saturated rings. The minimum atomic E-state index is -3.68. The topological polar surface area (TPSA) is 95.5 Å². The van der Waals surface area contributed by atoms with E-state index in [0.717, 1.165) is 0 Å². The Kier molecular flexibility index (Phi) is 4.36. The second-order valence-electron chi connectivity index (χ2n) is 5.83. The summed E-state index contributed by atoms with van der Waals surface area (Å²) >= 11 is 0. The molecule has 0 saturated heterocycles. The van der Waals surface area contributed by atoms with Crippen LogP contribution in [0.1, 0.15) is 20.3 Å². The normalized spacial score (nSPS) is 24.1. The first kappa shape index (κ1) is 15.9. The molecule has 0 heterocycles. The maximum Gasteiger partial charge on any atom is 0.241 e. The molecule has 2 atom stereocenters. The minimum absolute atomic E-state index is 0.122. The van der Waals surface area contributed by atoms with Gasteiger partial charge in [0.2, 0.25) is 15.9 Å². The lowest BCUT2D eigenvalue weighted by Gasteiger charge is -2.49. The van der Waals surface area contributed by atoms with E-state index < -0.39 is 22.0 Å². The molecule has 0 aromatic heterocycles. The SMILES string of the molecule is CC1(C)C(O)CC1NC(=O)CNS(=O)(=O)c1ccccc1. The quantitative estimate of drug-likeness (QED) is 0.726. The molecule has 1 saturated carbocycles. The molecule has 0 radical (unpaired) electrons. The Morgan fingerprint density at radius 1 is 1.33 bits per heavy atom. The maximum atomic E-state index is 12.0. The van der Waals surface area contributed by atoms with Crippen molar-refractivity contribution in [3.8, 4) is 0 Å². The van der Waals surface area contributed by atoms with Crippen molar-refractivity contribution in [2.24, 2.45) is 5.41 Å². The third-order valence-corrected chi connectivity index (χ3v) is 5.44. The van der Waals surface area contributed by atoms with Gasteiger partial charge in [0.15, 0.2) is 0 Å². The molecular formula is C14H20N2O4S. The number of rotatable bonds is 5. The number of aliphatic hydroxyl groups is 1. The Labute approximate surface area is 124 Å². The van der Waals surface area contributed by atoms with E-state index in [-0.39, 0.29) is 22.9 Å². The van der Waals surface area contributed by atoms with Crippen LogP contribution in [0.5, 0.6) is 0 Å². The molecule has 116 valence electrons. The van der Waals surface area contributed by atoms with Crippen LogP contribution in [0.25, 0.3) is 0 Å². The minimum Gasteiger partial charge on any atom is -0.392 e. The number of carbonyl (C=O) groups excluding carboxylic acids is 1. The molecule has 6 nitrogen and oxygen atoms in total. The maximum absolute atomic E-state index is 12.0. The van der Waals surface area contributed by atoms with Crippen LogP contribution in [-0.4, -0.2) is 38.1 Å². The first-order valence-electron chi connectivity index (χ1n) is 6.75. The van der Waals surface area contributed by atoms with Crippen molar-refractivity contribution in [2.75, 3.05) is 6.54 Å². The van der Waals surface area contributed by atoms with Gasteiger partial charge in [-0.15, -0.1) is 0 Å². The predicted molar refractivity (Wildman–Crippen MR) is 78.0 cm³/mol. The number of hydrogen-bond donors (Lipinski definition) is 3. The van der Waals surface area contributed by atoms with Gasteiger partial charge in [0.1, 0.15) is 0 Å². The summed E-state index contributed by atoms with van der Waals surface area (Å²) in [7, 11) is -3.68. The van der Waals surface area contributed by atoms with Crippen molar-refractivity contribution in [3.05, 3.63) is 30.3 Å². The highest BCUT2D eigenvalue weighted by molar-refractivity contribution is 7.89. The number of amides is 1. The van der Waals surface area contributed by atoms with Gasteiger partial charge < -0.3 is 10.4 Å². The second-order valence-corrected chi connectivity index (χ2v) is 7.60. The Hall–Kier alpha value is -1.44. The summed E-state index contributed by atoms with van der Waals surface area (Å²) in [6, 6.07) is 7.74. The van der Waals surface area contributed by atoms with Crippen molar-refractivity contribution in [1.82, 2.24) is 10.0 Å². The Balaban J connectivity index is 1.88. The second kappa shape index (κ2) is 5.75. The fourth-order valence-electron chi connectivity index (χ4n) is 2.24. The van der Waals surface area contributed by atoms with Gasteiger partial charge in [0.05, 0.1) is 17.5 Å². The van der Waals surface area contributed by atoms with Gasteiger partial charge in [-0.25, -0.2) is 13.1 Å². The summed E-state index contributed by atoms with van der Waals surface area (Å²) in [4.78, 5) is 11.9. The highest BCUT2D eigenvalue weighted by atomic mass is 32.2. The number of aliphatic hydroxyl groups excluding tert-OH is 1. The smallest absolute Gasteiger partial charge is 0.241 e. The Morgan fingerprint density at radius 3 is 2.48 bits per heavy atom. The Morgan fingerprint density at radius 2 is 1.95 bits per heavy atom. The van der Waals surface area contributed by atoms with Crippen molar-refractivity contribution >= 4 is 15.9 Å². The van der Waals surface area contributed by atoms with Crippen molar-refractivity contribution in [2.45, 2.75) is 37.3 Å². The number of nitrogens with one attached hydrogen (secondary N) is 2. The highest BCUT2D eigenvalue weighted by Crippen LogP contribution is 2.40. The van der Waals surface area contributed by atoms with Crippen LogP contribution < -0.4 is 10.0 Å². The van der Waals surface area contributed by atoms with Crippen LogP contribution in [0.15, 0.2) is 35.2 Å². The van der Waals surface area contributed by atoms with Crippen molar-refractivity contribution in [3.63, 3.8) is 0 Å². The molecule has 3 N–H and O–H groups in total. The highest BCUT2D eigenvalue weighted by Gasteiger charge is 2.47. The van der Waals surface area contributed by atoms with Crippen LogP contribution in [0.3, 0.4) is 0 Å². The van der Waals surface area contributed by atoms with Crippen molar-refractivity contribution < 1.29 is 18.3 Å². The first-order valence-corrected chi connectivity index (χ1v) is 8.24. The van der Waals surface area contributed by atoms with E-state index in [1.54, 1.807) is 18.2 Å². The fraction of sp³-hybridized carbons (Fsp3) is 0.500. The van der Waals surface area contributed by atoms with Crippen molar-refractivity contribution in [1.29, 1.82) is 0 Å². The Bertz CT molecular complexity index is 613. The largest absolute Gasteiger partial charge is 0.392 e. The molecule has 0 spiro atoms. The molecule has 1 amide bonds. The summed E-state index contributed by atoms with van der Waals surface area (Å²) in [5, 5.41) is 12.3. The zero-order chi connectivity index (χ0) is 15.7. The van der Waals surface area contributed by atoms with Gasteiger partial charge in [-0.3, -0.25) is 4.79 Å². The van der Waals surface area contributed by atoms with Gasteiger partial charge in [-0.05, 0) is 18.6 Å². The lowest BCUT2D eigenvalue weighted by atomic mass is 9.64. The molecule has 1 aromatic rings. The molecule has 1 aromatic carbocycles. The van der Waals surface area contributed by atoms with E-state index in [1.807, 2.05) is 13.8 Å². The molecule has 2 rings (SSSR count). The molecule has 7 heteroatoms. The fourth-order valence-corrected chi connectivity index (χ4v) is 3.24. The first-order chi connectivity index (χ1) is 9.73. The molecule has 21 heavy (non-hydrogen) atoms. The van der Waals surface area contributed by atoms with Crippen LogP contribution in [0, 0.1) is 5.41 Å². The number of sulfonamides is 1. The molecule has 2 unspecified atom stereocenters. The third kappa shape index (κ3) is 3.42. The number of carbonyl (C=O) groups is 1. The van der Waals surface area contributed by atoms with Gasteiger partial charge in [0, 0.05) is 11.5 Å². The summed E-state index contributed by atoms with van der Waals surface area (Å²) in [6.07, 6.45) is 0.0493. The van der Waals surface area contributed by atoms with Crippen LogP contribution >= 0.6 is 0 Å². The predicted octanol–water partition coefficient (Wildman–Crippen LogP) is 0.241. The van der Waals surface area contributed by atoms with E-state index in [2.05, 4.69) is 10.0 Å². The zero-order valence-electron chi connectivity index (χ0n) is 12.0. The standard InChI is InChI=1S/C14H20N2O4S/c1-14(2)11(8-12(14)17)16-13(18)9-15-21(19,20)10-6-4-3-5-7-10/h3-7,11-12,15,17H,8-9H2,1-2H3,(H,16,18). The lowest BCUT2D eigenvalue weighted by molar-refractivity contribution is -0.128. The van der Waals surface area contributed by atoms with Crippen LogP contribution in [-0.2, 0) is 14.8 Å². The summed E-state index contributed by atoms with van der Waals surface area (Å²) in [5.41, 5.74) is -0.381. The average molecular weight is 312 g/mol. The summed E-state index contributed by atoms with van der Waals surface area (Å²) in [5.74, 6) is -0.403. The van der Waals surface area contributed by atoms with E-state index in [0.29, 0.717) is 6.42 Å². The van der Waals surface area contributed by atoms with Gasteiger partial charge >= 0.3 is 0 Å². The monoisotopic (exact) mass is 312 g/mol. The molecule has 1 aliphatic carbocycles. The number of hydrogen-bond acceptors (Lipinski definition) is 4. The summed E-state index contributed by atoms with van der Waals surface area (Å²) in [6.45, 7) is 3.40. The number of benzene rings is 1. The van der Waals surface area contributed by atoms with Gasteiger partial charge in [-0.1, -0.05) is 32.0 Å². The zero-order valence-corrected chi connectivity index (χ0v) is 12.9.